The first kappa shape index (κ1) is 12.4. The van der Waals surface area contributed by atoms with Gasteiger partial charge in [0, 0.05) is 24.5 Å². The highest BCUT2D eigenvalue weighted by Crippen LogP contribution is 2.28. The van der Waals surface area contributed by atoms with Crippen molar-refractivity contribution in [2.45, 2.75) is 13.5 Å². The van der Waals surface area contributed by atoms with Crippen LogP contribution < -0.4 is 5.73 Å². The topological polar surface area (TPSA) is 81.2 Å². The largest absolute Gasteiger partial charge is 0.398 e. The Labute approximate surface area is 115 Å². The van der Waals surface area contributed by atoms with Crippen LogP contribution in [0.15, 0.2) is 24.4 Å². The van der Waals surface area contributed by atoms with Crippen molar-refractivity contribution in [2.75, 3.05) is 5.73 Å². The lowest BCUT2D eigenvalue weighted by molar-refractivity contribution is 0.0642. The number of carbonyl (C=O) groups excluding carboxylic acids is 2. The summed E-state index contributed by atoms with van der Waals surface area (Å²) in [5.74, 6) is -0.646. The van der Waals surface area contributed by atoms with E-state index in [0.717, 1.165) is 11.3 Å². The Morgan fingerprint density at radius 1 is 1.25 bits per heavy atom. The van der Waals surface area contributed by atoms with E-state index in [1.54, 1.807) is 29.9 Å². The average molecular weight is 270 g/mol. The molecule has 0 fully saturated rings. The second kappa shape index (κ2) is 4.19. The van der Waals surface area contributed by atoms with Gasteiger partial charge >= 0.3 is 0 Å². The van der Waals surface area contributed by atoms with Crippen molar-refractivity contribution in [3.05, 3.63) is 46.8 Å². The van der Waals surface area contributed by atoms with E-state index in [1.807, 2.05) is 13.1 Å². The number of fused-ring (bicyclic) bond motifs is 1. The van der Waals surface area contributed by atoms with Gasteiger partial charge < -0.3 is 5.73 Å². The zero-order valence-electron chi connectivity index (χ0n) is 11.3. The van der Waals surface area contributed by atoms with Crippen LogP contribution in [0.4, 0.5) is 5.69 Å². The van der Waals surface area contributed by atoms with Crippen LogP contribution in [-0.4, -0.2) is 26.5 Å². The van der Waals surface area contributed by atoms with Gasteiger partial charge in [-0.3, -0.25) is 19.2 Å². The first-order chi connectivity index (χ1) is 9.49. The van der Waals surface area contributed by atoms with Crippen molar-refractivity contribution < 1.29 is 9.59 Å². The Balaban J connectivity index is 1.98. The van der Waals surface area contributed by atoms with Crippen molar-refractivity contribution in [3.8, 4) is 0 Å². The smallest absolute Gasteiger partial charge is 0.263 e. The maximum atomic E-state index is 12.3. The molecule has 2 aromatic rings. The van der Waals surface area contributed by atoms with Crippen LogP contribution >= 0.6 is 0 Å². The fourth-order valence-corrected chi connectivity index (χ4v) is 2.48. The number of anilines is 1. The first-order valence-corrected chi connectivity index (χ1v) is 6.23. The number of amides is 2. The fourth-order valence-electron chi connectivity index (χ4n) is 2.48. The van der Waals surface area contributed by atoms with Crippen LogP contribution in [0.5, 0.6) is 0 Å². The second-order valence-electron chi connectivity index (χ2n) is 4.88. The van der Waals surface area contributed by atoms with Crippen molar-refractivity contribution in [1.82, 2.24) is 14.7 Å². The van der Waals surface area contributed by atoms with E-state index in [1.165, 1.54) is 4.90 Å². The van der Waals surface area contributed by atoms with E-state index in [4.69, 9.17) is 5.73 Å². The van der Waals surface area contributed by atoms with Crippen LogP contribution in [0.2, 0.25) is 0 Å². The van der Waals surface area contributed by atoms with E-state index in [-0.39, 0.29) is 18.4 Å². The second-order valence-corrected chi connectivity index (χ2v) is 4.88. The van der Waals surface area contributed by atoms with Crippen molar-refractivity contribution >= 4 is 17.5 Å². The number of imide groups is 1. The molecular formula is C14H14N4O2. The molecule has 3 rings (SSSR count). The summed E-state index contributed by atoms with van der Waals surface area (Å²) in [4.78, 5) is 25.9. The summed E-state index contributed by atoms with van der Waals surface area (Å²) in [6, 6.07) is 4.93. The predicted molar refractivity (Wildman–Crippen MR) is 73.0 cm³/mol. The third kappa shape index (κ3) is 1.69. The fraction of sp³-hybridized carbons (Fsp3) is 0.214. The summed E-state index contributed by atoms with van der Waals surface area (Å²) in [6.07, 6.45) is 1.81. The summed E-state index contributed by atoms with van der Waals surface area (Å²) in [5.41, 5.74) is 8.46. The maximum absolute atomic E-state index is 12.3. The van der Waals surface area contributed by atoms with Crippen molar-refractivity contribution in [3.63, 3.8) is 0 Å². The minimum absolute atomic E-state index is 0.214. The van der Waals surface area contributed by atoms with E-state index in [0.29, 0.717) is 16.8 Å². The van der Waals surface area contributed by atoms with Gasteiger partial charge in [0.15, 0.2) is 0 Å². The zero-order chi connectivity index (χ0) is 14.4. The Hall–Kier alpha value is -2.63. The first-order valence-electron chi connectivity index (χ1n) is 6.23. The standard InChI is InChI=1S/C14H14N4O2/c1-8-9(6-17(2)16-8)7-18-13(19)10-4-3-5-11(15)12(10)14(18)20/h3-6H,7,15H2,1-2H3. The summed E-state index contributed by atoms with van der Waals surface area (Å²) < 4.78 is 1.66. The molecule has 1 aliphatic heterocycles. The number of carbonyl (C=O) groups is 2. The molecular weight excluding hydrogens is 256 g/mol. The molecule has 2 N–H and O–H groups in total. The van der Waals surface area contributed by atoms with Gasteiger partial charge in [-0.2, -0.15) is 5.10 Å². The lowest BCUT2D eigenvalue weighted by Crippen LogP contribution is -2.29. The molecule has 0 atom stereocenters. The molecule has 0 saturated carbocycles. The summed E-state index contributed by atoms with van der Waals surface area (Å²) in [7, 11) is 1.80. The molecule has 6 heteroatoms. The number of hydrogen-bond acceptors (Lipinski definition) is 4. The van der Waals surface area contributed by atoms with Crippen LogP contribution in [-0.2, 0) is 13.6 Å². The minimum Gasteiger partial charge on any atom is -0.398 e. The molecule has 0 radical (unpaired) electrons. The maximum Gasteiger partial charge on any atom is 0.263 e. The highest BCUT2D eigenvalue weighted by atomic mass is 16.2. The molecule has 2 heterocycles. The molecule has 6 nitrogen and oxygen atoms in total. The van der Waals surface area contributed by atoms with Gasteiger partial charge in [-0.15, -0.1) is 0 Å². The Morgan fingerprint density at radius 2 is 2.00 bits per heavy atom. The summed E-state index contributed by atoms with van der Waals surface area (Å²) in [6.45, 7) is 2.06. The Bertz CT molecular complexity index is 733. The van der Waals surface area contributed by atoms with E-state index >= 15 is 0 Å². The molecule has 1 aliphatic rings. The highest BCUT2D eigenvalue weighted by Gasteiger charge is 2.37. The van der Waals surface area contributed by atoms with E-state index in [9.17, 15) is 9.59 Å². The van der Waals surface area contributed by atoms with Gasteiger partial charge in [0.25, 0.3) is 11.8 Å². The number of hydrogen-bond donors (Lipinski definition) is 1. The van der Waals surface area contributed by atoms with Crippen LogP contribution in [0.1, 0.15) is 32.0 Å². The number of aromatic nitrogens is 2. The molecule has 1 aromatic carbocycles. The zero-order valence-corrected chi connectivity index (χ0v) is 11.3. The molecule has 0 spiro atoms. The molecule has 0 saturated heterocycles. The van der Waals surface area contributed by atoms with Gasteiger partial charge in [0.2, 0.25) is 0 Å². The monoisotopic (exact) mass is 270 g/mol. The number of rotatable bonds is 2. The van der Waals surface area contributed by atoms with Gasteiger partial charge in [0.1, 0.15) is 0 Å². The molecule has 1 aromatic heterocycles. The lowest BCUT2D eigenvalue weighted by atomic mass is 10.1. The number of nitrogen functional groups attached to an aromatic ring is 1. The van der Waals surface area contributed by atoms with Crippen LogP contribution in [0.3, 0.4) is 0 Å². The Kier molecular flexibility index (Phi) is 2.60. The van der Waals surface area contributed by atoms with Gasteiger partial charge in [-0.1, -0.05) is 6.07 Å². The summed E-state index contributed by atoms with van der Waals surface area (Å²) >= 11 is 0. The average Bonchev–Trinajstić information content (AvgIpc) is 2.83. The highest BCUT2D eigenvalue weighted by molar-refractivity contribution is 6.23. The quantitative estimate of drug-likeness (QED) is 0.654. The Morgan fingerprint density at radius 3 is 2.60 bits per heavy atom. The van der Waals surface area contributed by atoms with E-state index in [2.05, 4.69) is 5.10 Å². The predicted octanol–water partition coefficient (Wildman–Crippen LogP) is 1.11. The van der Waals surface area contributed by atoms with Gasteiger partial charge in [-0.05, 0) is 19.1 Å². The number of aryl methyl sites for hydroxylation is 2. The van der Waals surface area contributed by atoms with Crippen molar-refractivity contribution in [1.29, 1.82) is 0 Å². The van der Waals surface area contributed by atoms with Crippen LogP contribution in [0.25, 0.3) is 0 Å². The lowest BCUT2D eigenvalue weighted by Gasteiger charge is -2.12. The van der Waals surface area contributed by atoms with E-state index < -0.39 is 0 Å². The number of benzene rings is 1. The number of nitrogens with zero attached hydrogens (tertiary/aromatic N) is 3. The molecule has 2 amide bonds. The minimum atomic E-state index is -0.341. The molecule has 20 heavy (non-hydrogen) atoms. The molecule has 0 unspecified atom stereocenters. The van der Waals surface area contributed by atoms with Crippen molar-refractivity contribution in [2.24, 2.45) is 7.05 Å². The van der Waals surface area contributed by atoms with Crippen LogP contribution in [0, 0.1) is 6.92 Å². The third-order valence-electron chi connectivity index (χ3n) is 3.47. The third-order valence-corrected chi connectivity index (χ3v) is 3.47. The summed E-state index contributed by atoms with van der Waals surface area (Å²) in [5, 5.41) is 4.21. The SMILES string of the molecule is Cc1nn(C)cc1CN1C(=O)c2cccc(N)c2C1=O. The normalized spacial score (nSPS) is 14.0. The van der Waals surface area contributed by atoms with Gasteiger partial charge in [0.05, 0.1) is 23.4 Å². The molecule has 102 valence electrons. The molecule has 0 bridgehead atoms. The number of nitrogens with two attached hydrogens (primary N) is 1. The van der Waals surface area contributed by atoms with Gasteiger partial charge in [-0.25, -0.2) is 0 Å². The molecule has 0 aliphatic carbocycles.